The monoisotopic (exact) mass is 244 g/mol. The number of rotatable bonds is 3. The van der Waals surface area contributed by atoms with Gasteiger partial charge in [0.15, 0.2) is 0 Å². The lowest BCUT2D eigenvalue weighted by Gasteiger charge is -2.27. The van der Waals surface area contributed by atoms with Crippen LogP contribution >= 0.6 is 0 Å². The Bertz CT molecular complexity index is 262. The van der Waals surface area contributed by atoms with Crippen molar-refractivity contribution in [3.63, 3.8) is 0 Å². The van der Waals surface area contributed by atoms with Crippen molar-refractivity contribution < 1.29 is 14.4 Å². The van der Waals surface area contributed by atoms with Gasteiger partial charge in [-0.05, 0) is 30.8 Å². The van der Waals surface area contributed by atoms with E-state index in [1.165, 1.54) is 0 Å². The third kappa shape index (κ3) is 3.30. The maximum Gasteiger partial charge on any atom is 0.323 e. The van der Waals surface area contributed by atoms with Gasteiger partial charge in [0.1, 0.15) is 6.04 Å². The van der Waals surface area contributed by atoms with Crippen LogP contribution < -0.4 is 0 Å². The van der Waals surface area contributed by atoms with Crippen LogP contribution in [0.15, 0.2) is 0 Å². The summed E-state index contributed by atoms with van der Waals surface area (Å²) >= 11 is 0. The lowest BCUT2D eigenvalue weighted by Crippen LogP contribution is -2.38. The van der Waals surface area contributed by atoms with Gasteiger partial charge in [-0.3, -0.25) is 4.79 Å². The first-order valence-electron chi connectivity index (χ1n) is 5.69. The van der Waals surface area contributed by atoms with Crippen molar-refractivity contribution in [2.45, 2.75) is 46.3 Å². The number of nitrogens with zero attached hydrogens (tertiary/aromatic N) is 1. The van der Waals surface area contributed by atoms with Crippen molar-refractivity contribution in [1.82, 2.24) is 5.06 Å². The zero-order chi connectivity index (χ0) is 12.5. The van der Waals surface area contributed by atoms with Gasteiger partial charge in [0, 0.05) is 6.54 Å². The molecule has 1 aliphatic rings. The van der Waals surface area contributed by atoms with Gasteiger partial charge in [-0.25, -0.2) is 0 Å². The first-order chi connectivity index (χ1) is 7.21. The van der Waals surface area contributed by atoms with Crippen LogP contribution in [-0.4, -0.2) is 37.8 Å². The molecule has 1 radical (unpaired) electrons. The molecule has 1 N–H and O–H groups in total. The summed E-state index contributed by atoms with van der Waals surface area (Å²) in [7, 11) is -0.889. The van der Waals surface area contributed by atoms with Crippen molar-refractivity contribution in [2.24, 2.45) is 11.3 Å². The van der Waals surface area contributed by atoms with Gasteiger partial charge >= 0.3 is 5.97 Å². The highest BCUT2D eigenvalue weighted by Crippen LogP contribution is 2.37. The summed E-state index contributed by atoms with van der Waals surface area (Å²) in [6, 6.07) is -0.468. The molecule has 5 heteroatoms. The lowest BCUT2D eigenvalue weighted by molar-refractivity contribution is -0.155. The molecule has 0 saturated carbocycles. The molecule has 0 aromatic heterocycles. The molecule has 0 bridgehead atoms. The van der Waals surface area contributed by atoms with E-state index in [1.807, 2.05) is 13.1 Å². The minimum atomic E-state index is -0.889. The predicted octanol–water partition coefficient (Wildman–Crippen LogP) is 1.99. The number of hydroxylamine groups is 2. The molecule has 1 saturated heterocycles. The van der Waals surface area contributed by atoms with Gasteiger partial charge < -0.3 is 9.63 Å². The van der Waals surface area contributed by atoms with Gasteiger partial charge in [-0.2, -0.15) is 5.06 Å². The van der Waals surface area contributed by atoms with E-state index in [4.69, 9.17) is 9.63 Å². The van der Waals surface area contributed by atoms with Gasteiger partial charge in [-0.1, -0.05) is 20.8 Å². The van der Waals surface area contributed by atoms with Crippen LogP contribution in [-0.2, 0) is 9.32 Å². The van der Waals surface area contributed by atoms with E-state index in [0.717, 1.165) is 6.54 Å². The molecule has 93 valence electrons. The summed E-state index contributed by atoms with van der Waals surface area (Å²) in [6.07, 6.45) is 0.688. The normalized spacial score (nSPS) is 27.6. The third-order valence-electron chi connectivity index (χ3n) is 3.07. The molecule has 1 fully saturated rings. The summed E-state index contributed by atoms with van der Waals surface area (Å²) in [5.41, 5.74) is 0.139. The van der Waals surface area contributed by atoms with Crippen LogP contribution in [0.2, 0.25) is 13.1 Å². The van der Waals surface area contributed by atoms with E-state index in [-0.39, 0.29) is 5.41 Å². The quantitative estimate of drug-likeness (QED) is 0.771. The third-order valence-corrected chi connectivity index (χ3v) is 3.67. The highest BCUT2D eigenvalue weighted by Gasteiger charge is 2.42. The topological polar surface area (TPSA) is 49.8 Å². The zero-order valence-corrected chi connectivity index (χ0v) is 11.8. The molecule has 1 unspecified atom stereocenters. The Hall–Kier alpha value is -0.393. The highest BCUT2D eigenvalue weighted by atomic mass is 28.3. The van der Waals surface area contributed by atoms with Crippen molar-refractivity contribution in [2.75, 3.05) is 6.54 Å². The van der Waals surface area contributed by atoms with Crippen molar-refractivity contribution in [1.29, 1.82) is 0 Å². The average molecular weight is 244 g/mol. The molecule has 0 aromatic rings. The minimum absolute atomic E-state index is 0.139. The summed E-state index contributed by atoms with van der Waals surface area (Å²) in [5.74, 6) is -0.384. The van der Waals surface area contributed by atoms with Crippen molar-refractivity contribution in [3.05, 3.63) is 0 Å². The van der Waals surface area contributed by atoms with Crippen LogP contribution in [0.25, 0.3) is 0 Å². The Morgan fingerprint density at radius 1 is 1.44 bits per heavy atom. The summed E-state index contributed by atoms with van der Waals surface area (Å²) in [5, 5.41) is 10.9. The number of aliphatic carboxylic acids is 1. The maximum absolute atomic E-state index is 11.2. The minimum Gasteiger partial charge on any atom is -0.480 e. The first-order valence-corrected chi connectivity index (χ1v) is 8.10. The number of carboxylic acid groups (broad SMARTS) is 1. The number of hydrogen-bond donors (Lipinski definition) is 1. The molecule has 1 aliphatic heterocycles. The SMILES string of the molecule is C[Si](C)ON1CC(C(C)(C)C)C[C@H]1C(=O)O. The molecule has 0 spiro atoms. The Labute approximate surface area is 99.3 Å². The second-order valence-corrected chi connectivity index (χ2v) is 7.75. The molecule has 0 aromatic carbocycles. The number of hydrogen-bond acceptors (Lipinski definition) is 3. The second kappa shape index (κ2) is 4.85. The van der Waals surface area contributed by atoms with E-state index in [9.17, 15) is 4.79 Å². The molecule has 16 heavy (non-hydrogen) atoms. The molecule has 4 nitrogen and oxygen atoms in total. The average Bonchev–Trinajstić information content (AvgIpc) is 2.45. The van der Waals surface area contributed by atoms with Crippen molar-refractivity contribution >= 4 is 15.0 Å². The molecular weight excluding hydrogens is 222 g/mol. The standard InChI is InChI=1S/C11H22NO3Si/c1-11(2,3)8-6-9(10(13)14)12(7-8)15-16(4)5/h8-9H,6-7H2,1-5H3,(H,13,14)/t8?,9-/m0/s1. The van der Waals surface area contributed by atoms with Crippen LogP contribution in [0.3, 0.4) is 0 Å². The van der Waals surface area contributed by atoms with E-state index in [0.29, 0.717) is 12.3 Å². The van der Waals surface area contributed by atoms with E-state index < -0.39 is 21.1 Å². The van der Waals surface area contributed by atoms with E-state index in [1.54, 1.807) is 5.06 Å². The largest absolute Gasteiger partial charge is 0.480 e. The number of carboxylic acids is 1. The van der Waals surface area contributed by atoms with Gasteiger partial charge in [-0.15, -0.1) is 0 Å². The second-order valence-electron chi connectivity index (χ2n) is 5.75. The summed E-state index contributed by atoms with van der Waals surface area (Å²) in [6.45, 7) is 11.2. The smallest absolute Gasteiger partial charge is 0.323 e. The van der Waals surface area contributed by atoms with Crippen LogP contribution in [0.4, 0.5) is 0 Å². The Morgan fingerprint density at radius 2 is 2.00 bits per heavy atom. The molecule has 1 heterocycles. The Kier molecular flexibility index (Phi) is 4.15. The van der Waals surface area contributed by atoms with Crippen molar-refractivity contribution in [3.8, 4) is 0 Å². The molecule has 2 atom stereocenters. The molecule has 0 aliphatic carbocycles. The fourth-order valence-corrected chi connectivity index (χ4v) is 2.66. The van der Waals surface area contributed by atoms with Crippen LogP contribution in [0, 0.1) is 11.3 Å². The van der Waals surface area contributed by atoms with Crippen LogP contribution in [0.1, 0.15) is 27.2 Å². The zero-order valence-electron chi connectivity index (χ0n) is 10.8. The Morgan fingerprint density at radius 3 is 2.38 bits per heavy atom. The van der Waals surface area contributed by atoms with Crippen LogP contribution in [0.5, 0.6) is 0 Å². The van der Waals surface area contributed by atoms with E-state index >= 15 is 0 Å². The summed E-state index contributed by atoms with van der Waals surface area (Å²) in [4.78, 5) is 11.2. The van der Waals surface area contributed by atoms with Gasteiger partial charge in [0.25, 0.3) is 0 Å². The highest BCUT2D eigenvalue weighted by molar-refractivity contribution is 6.48. The van der Waals surface area contributed by atoms with E-state index in [2.05, 4.69) is 20.8 Å². The molecule has 0 amide bonds. The molecular formula is C11H22NO3Si. The summed E-state index contributed by atoms with van der Waals surface area (Å²) < 4.78 is 5.66. The van der Waals surface area contributed by atoms with Gasteiger partial charge in [0.2, 0.25) is 9.04 Å². The first kappa shape index (κ1) is 13.7. The Balaban J connectivity index is 2.72. The van der Waals surface area contributed by atoms with Gasteiger partial charge in [0.05, 0.1) is 0 Å². The fourth-order valence-electron chi connectivity index (χ4n) is 1.99. The maximum atomic E-state index is 11.2. The fraction of sp³-hybridized carbons (Fsp3) is 0.909. The number of carbonyl (C=O) groups is 1. The predicted molar refractivity (Wildman–Crippen MR) is 64.3 cm³/mol. The molecule has 1 rings (SSSR count). The lowest BCUT2D eigenvalue weighted by atomic mass is 9.79.